The maximum atomic E-state index is 14.4. The number of imidazole rings is 1. The molecule has 0 spiro atoms. The van der Waals surface area contributed by atoms with E-state index in [1.165, 1.54) is 36.1 Å². The smallest absolute Gasteiger partial charge is 0.407 e. The van der Waals surface area contributed by atoms with E-state index >= 15 is 0 Å². The van der Waals surface area contributed by atoms with Gasteiger partial charge in [0.05, 0.1) is 18.6 Å². The van der Waals surface area contributed by atoms with Crippen LogP contribution in [0.5, 0.6) is 0 Å². The molecule has 2 unspecified atom stereocenters. The van der Waals surface area contributed by atoms with Crippen molar-refractivity contribution < 1.29 is 18.7 Å². The molecule has 8 heteroatoms. The second-order valence-corrected chi connectivity index (χ2v) is 5.48. The average molecular weight is 318 g/mol. The van der Waals surface area contributed by atoms with E-state index in [9.17, 15) is 14.0 Å². The number of benzene rings is 1. The molecule has 0 aliphatic carbocycles. The lowest BCUT2D eigenvalue weighted by molar-refractivity contribution is -0.126. The fourth-order valence-electron chi connectivity index (χ4n) is 2.64. The van der Waals surface area contributed by atoms with Crippen molar-refractivity contribution in [2.24, 2.45) is 5.73 Å². The third kappa shape index (κ3) is 2.41. The summed E-state index contributed by atoms with van der Waals surface area (Å²) >= 11 is 0. The zero-order valence-electron chi connectivity index (χ0n) is 12.3. The van der Waals surface area contributed by atoms with E-state index in [4.69, 9.17) is 10.5 Å². The summed E-state index contributed by atoms with van der Waals surface area (Å²) < 4.78 is 21.1. The molecule has 7 nitrogen and oxygen atoms in total. The number of alkyl carbamates (subject to hydrolysis) is 1. The number of amides is 2. The van der Waals surface area contributed by atoms with Crippen molar-refractivity contribution in [2.45, 2.75) is 18.4 Å². The van der Waals surface area contributed by atoms with Gasteiger partial charge in [-0.25, -0.2) is 14.2 Å². The molecule has 1 saturated heterocycles. The lowest BCUT2D eigenvalue weighted by Gasteiger charge is -2.31. The molecule has 2 aromatic rings. The maximum absolute atomic E-state index is 14.4. The van der Waals surface area contributed by atoms with Crippen LogP contribution in [0.3, 0.4) is 0 Å². The minimum atomic E-state index is -1.34. The quantitative estimate of drug-likeness (QED) is 0.873. The van der Waals surface area contributed by atoms with Gasteiger partial charge in [0, 0.05) is 12.4 Å². The van der Waals surface area contributed by atoms with Gasteiger partial charge in [-0.1, -0.05) is 6.07 Å². The molecule has 23 heavy (non-hydrogen) atoms. The van der Waals surface area contributed by atoms with E-state index in [2.05, 4.69) is 10.3 Å². The Labute approximate surface area is 131 Å². The highest BCUT2D eigenvalue weighted by Gasteiger charge is 2.47. The number of nitrogens with one attached hydrogen (secondary N) is 1. The topological polar surface area (TPSA) is 99.2 Å². The van der Waals surface area contributed by atoms with Gasteiger partial charge in [0.15, 0.2) is 0 Å². The minimum absolute atomic E-state index is 0.128. The summed E-state index contributed by atoms with van der Waals surface area (Å²) in [4.78, 5) is 27.1. The van der Waals surface area contributed by atoms with Crippen LogP contribution in [0.1, 0.15) is 12.5 Å². The normalized spacial score (nSPS) is 19.7. The van der Waals surface area contributed by atoms with Crippen molar-refractivity contribution in [1.82, 2.24) is 14.9 Å². The summed E-state index contributed by atoms with van der Waals surface area (Å²) in [5.74, 6) is -1.24. The molecule has 1 aliphatic heterocycles. The number of nitrogens with zero attached hydrogens (tertiary/aromatic N) is 2. The second-order valence-electron chi connectivity index (χ2n) is 5.48. The van der Waals surface area contributed by atoms with E-state index in [1.807, 2.05) is 0 Å². The Morgan fingerprint density at radius 3 is 2.87 bits per heavy atom. The predicted octanol–water partition coefficient (Wildman–Crippen LogP) is 0.863. The first-order valence-electron chi connectivity index (χ1n) is 6.95. The first kappa shape index (κ1) is 15.0. The molecule has 1 aliphatic rings. The number of cyclic esters (lactones) is 1. The maximum Gasteiger partial charge on any atom is 0.407 e. The van der Waals surface area contributed by atoms with Crippen LogP contribution in [0.25, 0.3) is 5.69 Å². The van der Waals surface area contributed by atoms with Crippen molar-refractivity contribution in [1.29, 1.82) is 0 Å². The van der Waals surface area contributed by atoms with Gasteiger partial charge < -0.3 is 20.4 Å². The van der Waals surface area contributed by atoms with Gasteiger partial charge in [-0.05, 0) is 24.6 Å². The van der Waals surface area contributed by atoms with Crippen LogP contribution in [0.15, 0.2) is 36.9 Å². The SMILES string of the molecule is CC(C(N)=O)(c1ccc(-n2ccnc2)c(F)c1)C1CNC(=O)O1. The summed E-state index contributed by atoms with van der Waals surface area (Å²) in [6.07, 6.45) is 3.18. The molecule has 2 heterocycles. The van der Waals surface area contributed by atoms with Crippen molar-refractivity contribution >= 4 is 12.0 Å². The van der Waals surface area contributed by atoms with Crippen molar-refractivity contribution in [2.75, 3.05) is 6.54 Å². The number of halogens is 1. The summed E-state index contributed by atoms with van der Waals surface area (Å²) in [5.41, 5.74) is 4.81. The first-order valence-corrected chi connectivity index (χ1v) is 6.95. The number of primary amides is 1. The predicted molar refractivity (Wildman–Crippen MR) is 78.3 cm³/mol. The van der Waals surface area contributed by atoms with E-state index in [-0.39, 0.29) is 6.54 Å². The van der Waals surface area contributed by atoms with Crippen molar-refractivity contribution in [3.8, 4) is 5.69 Å². The number of hydrogen-bond donors (Lipinski definition) is 2. The molecule has 1 aromatic carbocycles. The Bertz CT molecular complexity index is 762. The molecule has 3 rings (SSSR count). The Hall–Kier alpha value is -2.90. The Balaban J connectivity index is 2.02. The molecule has 2 atom stereocenters. The number of aromatic nitrogens is 2. The second kappa shape index (κ2) is 5.38. The largest absolute Gasteiger partial charge is 0.443 e. The van der Waals surface area contributed by atoms with Crippen LogP contribution >= 0.6 is 0 Å². The Kier molecular flexibility index (Phi) is 3.51. The molecule has 0 radical (unpaired) electrons. The standard InChI is InChI=1S/C15H15FN4O3/c1-15(13(17)21,12-7-19-14(22)23-12)9-2-3-11(10(16)6-9)20-5-4-18-8-20/h2-6,8,12H,7H2,1H3,(H2,17,21)(H,19,22). The van der Waals surface area contributed by atoms with Gasteiger partial charge in [-0.15, -0.1) is 0 Å². The van der Waals surface area contributed by atoms with Crippen LogP contribution in [-0.4, -0.2) is 34.2 Å². The van der Waals surface area contributed by atoms with E-state index in [0.717, 1.165) is 0 Å². The number of carbonyl (C=O) groups is 2. The van der Waals surface area contributed by atoms with E-state index < -0.39 is 29.3 Å². The highest BCUT2D eigenvalue weighted by atomic mass is 19.1. The third-order valence-corrected chi connectivity index (χ3v) is 4.17. The fraction of sp³-hybridized carbons (Fsp3) is 0.267. The summed E-state index contributed by atoms with van der Waals surface area (Å²) in [6.45, 7) is 1.66. The lowest BCUT2D eigenvalue weighted by atomic mass is 9.76. The van der Waals surface area contributed by atoms with E-state index in [1.54, 1.807) is 12.3 Å². The zero-order chi connectivity index (χ0) is 16.6. The fourth-order valence-corrected chi connectivity index (χ4v) is 2.64. The van der Waals surface area contributed by atoms with Gasteiger partial charge in [0.2, 0.25) is 5.91 Å². The van der Waals surface area contributed by atoms with Crippen molar-refractivity contribution in [3.63, 3.8) is 0 Å². The monoisotopic (exact) mass is 318 g/mol. The van der Waals surface area contributed by atoms with Crippen molar-refractivity contribution in [3.05, 3.63) is 48.3 Å². The number of ether oxygens (including phenoxy) is 1. The highest BCUT2D eigenvalue weighted by Crippen LogP contribution is 2.32. The molecule has 0 saturated carbocycles. The summed E-state index contributed by atoms with van der Waals surface area (Å²) in [5, 5.41) is 2.47. The minimum Gasteiger partial charge on any atom is -0.443 e. The molecule has 0 bridgehead atoms. The summed E-state index contributed by atoms with van der Waals surface area (Å²) in [6, 6.07) is 4.35. The third-order valence-electron chi connectivity index (χ3n) is 4.17. The first-order chi connectivity index (χ1) is 10.9. The average Bonchev–Trinajstić information content (AvgIpc) is 3.17. The zero-order valence-corrected chi connectivity index (χ0v) is 12.3. The van der Waals surface area contributed by atoms with E-state index in [0.29, 0.717) is 11.3 Å². The number of rotatable bonds is 4. The molecule has 1 fully saturated rings. The van der Waals surface area contributed by atoms with Crippen LogP contribution in [0.2, 0.25) is 0 Å². The van der Waals surface area contributed by atoms with Gasteiger partial charge >= 0.3 is 6.09 Å². The molecular formula is C15H15FN4O3. The lowest BCUT2D eigenvalue weighted by Crippen LogP contribution is -2.49. The highest BCUT2D eigenvalue weighted by molar-refractivity contribution is 5.88. The van der Waals surface area contributed by atoms with Crippen LogP contribution < -0.4 is 11.1 Å². The van der Waals surface area contributed by atoms with Gasteiger partial charge in [0.1, 0.15) is 17.3 Å². The van der Waals surface area contributed by atoms with Gasteiger partial charge in [-0.2, -0.15) is 0 Å². The van der Waals surface area contributed by atoms with Crippen LogP contribution in [0.4, 0.5) is 9.18 Å². The van der Waals surface area contributed by atoms with Crippen LogP contribution in [-0.2, 0) is 14.9 Å². The number of carbonyl (C=O) groups excluding carboxylic acids is 2. The molecular weight excluding hydrogens is 303 g/mol. The Morgan fingerprint density at radius 2 is 2.35 bits per heavy atom. The molecule has 2 amide bonds. The summed E-state index contributed by atoms with van der Waals surface area (Å²) in [7, 11) is 0. The molecule has 120 valence electrons. The Morgan fingerprint density at radius 1 is 1.57 bits per heavy atom. The number of hydrogen-bond acceptors (Lipinski definition) is 4. The number of nitrogens with two attached hydrogens (primary N) is 1. The van der Waals surface area contributed by atoms with Gasteiger partial charge in [0.25, 0.3) is 0 Å². The van der Waals surface area contributed by atoms with Gasteiger partial charge in [-0.3, -0.25) is 4.79 Å². The molecule has 3 N–H and O–H groups in total. The molecule has 1 aromatic heterocycles. The van der Waals surface area contributed by atoms with Crippen LogP contribution in [0, 0.1) is 5.82 Å².